The van der Waals surface area contributed by atoms with Crippen LogP contribution in [0.15, 0.2) is 18.2 Å². The second-order valence-corrected chi connectivity index (χ2v) is 4.87. The van der Waals surface area contributed by atoms with Crippen molar-refractivity contribution in [1.82, 2.24) is 5.32 Å². The number of phenols is 1. The number of hydrogen-bond acceptors (Lipinski definition) is 8. The van der Waals surface area contributed by atoms with Gasteiger partial charge in [0.2, 0.25) is 0 Å². The van der Waals surface area contributed by atoms with Crippen molar-refractivity contribution in [3.8, 4) is 5.75 Å². The lowest BCUT2D eigenvalue weighted by Crippen LogP contribution is -2.58. The normalized spacial score (nSPS) is 27.5. The number of carbonyl (C=O) groups excluding carboxylic acids is 1. The fourth-order valence-corrected chi connectivity index (χ4v) is 2.19. The molecular formula is C14H22N2O6. The molecule has 0 spiro atoms. The zero-order valence-electron chi connectivity index (χ0n) is 12.2. The number of piperidine rings is 1. The SMILES string of the molecule is CO.O=Cc1cc(NCC2CC(O)C(O)C(O)N2)ccc1O. The van der Waals surface area contributed by atoms with Crippen LogP contribution < -0.4 is 10.6 Å². The summed E-state index contributed by atoms with van der Waals surface area (Å²) in [6.45, 7) is 0.393. The Morgan fingerprint density at radius 1 is 1.32 bits per heavy atom. The average Bonchev–Trinajstić information content (AvgIpc) is 2.53. The van der Waals surface area contributed by atoms with Crippen molar-refractivity contribution >= 4 is 12.0 Å². The summed E-state index contributed by atoms with van der Waals surface area (Å²) in [5, 5.41) is 50.7. The highest BCUT2D eigenvalue weighted by molar-refractivity contribution is 5.81. The summed E-state index contributed by atoms with van der Waals surface area (Å²) in [6, 6.07) is 4.31. The van der Waals surface area contributed by atoms with Crippen LogP contribution in [0.25, 0.3) is 0 Å². The van der Waals surface area contributed by atoms with Crippen LogP contribution in [0.5, 0.6) is 5.75 Å². The average molecular weight is 314 g/mol. The van der Waals surface area contributed by atoms with Gasteiger partial charge in [0.25, 0.3) is 0 Å². The van der Waals surface area contributed by atoms with Crippen molar-refractivity contribution < 1.29 is 30.3 Å². The Balaban J connectivity index is 0.00000116. The molecule has 0 amide bonds. The van der Waals surface area contributed by atoms with E-state index in [2.05, 4.69) is 10.6 Å². The van der Waals surface area contributed by atoms with E-state index < -0.39 is 18.4 Å². The molecule has 0 aromatic heterocycles. The van der Waals surface area contributed by atoms with Crippen molar-refractivity contribution in [3.63, 3.8) is 0 Å². The highest BCUT2D eigenvalue weighted by Gasteiger charge is 2.33. The molecule has 22 heavy (non-hydrogen) atoms. The Morgan fingerprint density at radius 2 is 2.00 bits per heavy atom. The van der Waals surface area contributed by atoms with Crippen LogP contribution in [0.3, 0.4) is 0 Å². The van der Waals surface area contributed by atoms with Crippen molar-refractivity contribution in [2.45, 2.75) is 30.9 Å². The van der Waals surface area contributed by atoms with E-state index in [1.54, 1.807) is 6.07 Å². The molecule has 8 nitrogen and oxygen atoms in total. The van der Waals surface area contributed by atoms with Crippen LogP contribution in [0.4, 0.5) is 5.69 Å². The van der Waals surface area contributed by atoms with E-state index in [4.69, 9.17) is 5.11 Å². The third kappa shape index (κ3) is 4.65. The number of hydrogen-bond donors (Lipinski definition) is 7. The van der Waals surface area contributed by atoms with Gasteiger partial charge in [0.15, 0.2) is 6.29 Å². The molecule has 0 saturated carbocycles. The van der Waals surface area contributed by atoms with Gasteiger partial charge in [-0.15, -0.1) is 0 Å². The maximum Gasteiger partial charge on any atom is 0.153 e. The van der Waals surface area contributed by atoms with E-state index in [1.807, 2.05) is 0 Å². The summed E-state index contributed by atoms with van der Waals surface area (Å²) in [6.07, 6.45) is -2.49. The van der Waals surface area contributed by atoms with Crippen molar-refractivity contribution in [1.29, 1.82) is 0 Å². The lowest BCUT2D eigenvalue weighted by molar-refractivity contribution is -0.104. The van der Waals surface area contributed by atoms with Gasteiger partial charge in [-0.05, 0) is 24.6 Å². The third-order valence-corrected chi connectivity index (χ3v) is 3.36. The lowest BCUT2D eigenvalue weighted by Gasteiger charge is -2.35. The highest BCUT2D eigenvalue weighted by atomic mass is 16.4. The standard InChI is InChI=1S/C13H18N2O5.CH4O/c16-6-7-3-8(1-2-10(7)17)14-5-9-4-11(18)12(19)13(20)15-9;1-2/h1-3,6,9,11-15,17-20H,4-5H2;2H,1H3. The number of benzene rings is 1. The van der Waals surface area contributed by atoms with Gasteiger partial charge in [-0.1, -0.05) is 0 Å². The number of anilines is 1. The largest absolute Gasteiger partial charge is 0.507 e. The molecule has 124 valence electrons. The molecule has 1 heterocycles. The Hall–Kier alpha value is -1.71. The zero-order chi connectivity index (χ0) is 16.7. The molecule has 1 aliphatic rings. The molecule has 0 bridgehead atoms. The number of rotatable bonds is 4. The van der Waals surface area contributed by atoms with Crippen LogP contribution in [-0.4, -0.2) is 70.0 Å². The minimum atomic E-state index is -1.19. The summed E-state index contributed by atoms with van der Waals surface area (Å²) in [5.41, 5.74) is 0.823. The van der Waals surface area contributed by atoms with Crippen molar-refractivity contribution in [3.05, 3.63) is 23.8 Å². The van der Waals surface area contributed by atoms with Gasteiger partial charge in [0.1, 0.15) is 18.1 Å². The number of phenolic OH excluding ortho intramolecular Hbond substituents is 1. The van der Waals surface area contributed by atoms with E-state index in [-0.39, 0.29) is 17.4 Å². The molecule has 1 fully saturated rings. The first kappa shape index (κ1) is 18.3. The van der Waals surface area contributed by atoms with E-state index in [9.17, 15) is 25.2 Å². The van der Waals surface area contributed by atoms with Crippen LogP contribution in [0, 0.1) is 0 Å². The molecule has 1 saturated heterocycles. The first-order chi connectivity index (χ1) is 10.5. The predicted molar refractivity (Wildman–Crippen MR) is 79.7 cm³/mol. The molecule has 1 aromatic rings. The number of aliphatic hydroxyl groups is 4. The van der Waals surface area contributed by atoms with E-state index in [0.717, 1.165) is 7.11 Å². The quantitative estimate of drug-likeness (QED) is 0.266. The Kier molecular flexibility index (Phi) is 7.22. The number of carbonyl (C=O) groups is 1. The molecule has 2 rings (SSSR count). The number of aromatic hydroxyl groups is 1. The second kappa shape index (κ2) is 8.66. The Morgan fingerprint density at radius 3 is 2.59 bits per heavy atom. The van der Waals surface area contributed by atoms with Gasteiger partial charge in [-0.25, -0.2) is 0 Å². The molecule has 0 radical (unpaired) electrons. The minimum absolute atomic E-state index is 0.0877. The predicted octanol–water partition coefficient (Wildman–Crippen LogP) is -1.37. The first-order valence-corrected chi connectivity index (χ1v) is 6.78. The van der Waals surface area contributed by atoms with Gasteiger partial charge in [0.05, 0.1) is 11.7 Å². The minimum Gasteiger partial charge on any atom is -0.507 e. The number of aldehydes is 1. The Bertz CT molecular complexity index is 472. The molecular weight excluding hydrogens is 292 g/mol. The molecule has 1 aromatic carbocycles. The third-order valence-electron chi connectivity index (χ3n) is 3.36. The van der Waals surface area contributed by atoms with Crippen LogP contribution in [0.1, 0.15) is 16.8 Å². The number of aliphatic hydroxyl groups excluding tert-OH is 4. The van der Waals surface area contributed by atoms with Crippen LogP contribution >= 0.6 is 0 Å². The second-order valence-electron chi connectivity index (χ2n) is 4.87. The van der Waals surface area contributed by atoms with E-state index >= 15 is 0 Å². The lowest BCUT2D eigenvalue weighted by atomic mass is 9.98. The first-order valence-electron chi connectivity index (χ1n) is 6.78. The van der Waals surface area contributed by atoms with Gasteiger partial charge in [0, 0.05) is 25.4 Å². The molecule has 4 atom stereocenters. The van der Waals surface area contributed by atoms with E-state index in [0.29, 0.717) is 24.9 Å². The maximum absolute atomic E-state index is 10.7. The summed E-state index contributed by atoms with van der Waals surface area (Å²) >= 11 is 0. The summed E-state index contributed by atoms with van der Waals surface area (Å²) in [5.74, 6) is -0.0877. The van der Waals surface area contributed by atoms with Gasteiger partial charge in [-0.3, -0.25) is 10.1 Å². The number of nitrogens with one attached hydrogen (secondary N) is 2. The van der Waals surface area contributed by atoms with Gasteiger partial charge < -0.3 is 30.8 Å². The van der Waals surface area contributed by atoms with Crippen molar-refractivity contribution in [2.75, 3.05) is 19.0 Å². The molecule has 1 aliphatic heterocycles. The molecule has 4 unspecified atom stereocenters. The van der Waals surface area contributed by atoms with Crippen molar-refractivity contribution in [2.24, 2.45) is 0 Å². The van der Waals surface area contributed by atoms with E-state index in [1.165, 1.54) is 12.1 Å². The summed E-state index contributed by atoms with van der Waals surface area (Å²) in [4.78, 5) is 10.7. The monoisotopic (exact) mass is 314 g/mol. The molecule has 8 heteroatoms. The van der Waals surface area contributed by atoms with Crippen LogP contribution in [-0.2, 0) is 0 Å². The summed E-state index contributed by atoms with van der Waals surface area (Å²) in [7, 11) is 1.00. The highest BCUT2D eigenvalue weighted by Crippen LogP contribution is 2.20. The maximum atomic E-state index is 10.7. The topological polar surface area (TPSA) is 142 Å². The fraction of sp³-hybridized carbons (Fsp3) is 0.500. The van der Waals surface area contributed by atoms with Gasteiger partial charge in [-0.2, -0.15) is 0 Å². The zero-order valence-corrected chi connectivity index (χ0v) is 12.2. The summed E-state index contributed by atoms with van der Waals surface area (Å²) < 4.78 is 0. The molecule has 0 aliphatic carbocycles. The smallest absolute Gasteiger partial charge is 0.153 e. The molecule has 7 N–H and O–H groups in total. The fourth-order valence-electron chi connectivity index (χ4n) is 2.19. The Labute approximate surface area is 128 Å². The van der Waals surface area contributed by atoms with Crippen LogP contribution in [0.2, 0.25) is 0 Å². The van der Waals surface area contributed by atoms with Gasteiger partial charge >= 0.3 is 0 Å².